The highest BCUT2D eigenvalue weighted by atomic mass is 16.5. The van der Waals surface area contributed by atoms with E-state index in [0.717, 1.165) is 11.1 Å². The van der Waals surface area contributed by atoms with E-state index < -0.39 is 17.7 Å². The van der Waals surface area contributed by atoms with Crippen LogP contribution < -0.4 is 14.4 Å². The third-order valence-corrected chi connectivity index (χ3v) is 6.44. The Labute approximate surface area is 224 Å². The zero-order valence-electron chi connectivity index (χ0n) is 22.8. The molecule has 3 aromatic rings. The van der Waals surface area contributed by atoms with Crippen LogP contribution in [0.25, 0.3) is 5.76 Å². The third kappa shape index (κ3) is 5.44. The topological polar surface area (TPSA) is 76.1 Å². The van der Waals surface area contributed by atoms with Gasteiger partial charge in [0.25, 0.3) is 11.7 Å². The number of carbonyl (C=O) groups excluding carboxylic acids is 2. The predicted octanol–water partition coefficient (Wildman–Crippen LogP) is 6.80. The maximum Gasteiger partial charge on any atom is 0.300 e. The Hall–Kier alpha value is -4.06. The van der Waals surface area contributed by atoms with Crippen molar-refractivity contribution in [1.29, 1.82) is 0 Å². The third-order valence-electron chi connectivity index (χ3n) is 6.44. The largest absolute Gasteiger partial charge is 0.507 e. The van der Waals surface area contributed by atoms with Crippen LogP contribution >= 0.6 is 0 Å². The summed E-state index contributed by atoms with van der Waals surface area (Å²) in [6.45, 7) is 12.6. The monoisotopic (exact) mass is 513 g/mol. The van der Waals surface area contributed by atoms with Crippen molar-refractivity contribution in [2.45, 2.75) is 59.1 Å². The Morgan fingerprint density at radius 3 is 2.18 bits per heavy atom. The van der Waals surface area contributed by atoms with Crippen LogP contribution in [-0.2, 0) is 15.0 Å². The number of aliphatic hydroxyl groups excluding tert-OH is 1. The molecule has 1 saturated heterocycles. The molecule has 38 heavy (non-hydrogen) atoms. The lowest BCUT2D eigenvalue weighted by atomic mass is 9.85. The van der Waals surface area contributed by atoms with Crippen LogP contribution in [0.2, 0.25) is 0 Å². The van der Waals surface area contributed by atoms with E-state index in [1.807, 2.05) is 45.0 Å². The van der Waals surface area contributed by atoms with E-state index >= 15 is 0 Å². The fourth-order valence-electron chi connectivity index (χ4n) is 4.59. The molecule has 0 aromatic heterocycles. The van der Waals surface area contributed by atoms with E-state index in [1.54, 1.807) is 48.5 Å². The molecule has 6 nitrogen and oxygen atoms in total. The van der Waals surface area contributed by atoms with Crippen LogP contribution in [0.5, 0.6) is 11.5 Å². The van der Waals surface area contributed by atoms with Gasteiger partial charge in [0.15, 0.2) is 0 Å². The number of ether oxygens (including phenoxy) is 2. The molecule has 0 spiro atoms. The zero-order chi connectivity index (χ0) is 27.6. The van der Waals surface area contributed by atoms with Crippen LogP contribution in [0.4, 0.5) is 5.69 Å². The first-order valence-corrected chi connectivity index (χ1v) is 12.9. The molecule has 0 aliphatic carbocycles. The molecule has 6 heteroatoms. The van der Waals surface area contributed by atoms with Crippen molar-refractivity contribution in [2.75, 3.05) is 11.5 Å². The summed E-state index contributed by atoms with van der Waals surface area (Å²) in [5.41, 5.74) is 2.77. The van der Waals surface area contributed by atoms with Gasteiger partial charge in [-0.15, -0.1) is 0 Å². The number of aliphatic hydroxyl groups is 1. The molecule has 4 rings (SSSR count). The Balaban J connectivity index is 1.87. The number of amides is 1. The summed E-state index contributed by atoms with van der Waals surface area (Å²) < 4.78 is 11.3. The van der Waals surface area contributed by atoms with Crippen molar-refractivity contribution in [2.24, 2.45) is 0 Å². The molecule has 1 atom stereocenters. The lowest BCUT2D eigenvalue weighted by molar-refractivity contribution is -0.132. The minimum absolute atomic E-state index is 0.0362. The first-order chi connectivity index (χ1) is 18.0. The lowest BCUT2D eigenvalue weighted by Gasteiger charge is -2.27. The lowest BCUT2D eigenvalue weighted by Crippen LogP contribution is -2.29. The van der Waals surface area contributed by atoms with E-state index in [1.165, 1.54) is 4.90 Å². The van der Waals surface area contributed by atoms with E-state index in [9.17, 15) is 14.7 Å². The van der Waals surface area contributed by atoms with Crippen molar-refractivity contribution in [3.63, 3.8) is 0 Å². The molecule has 0 saturated carbocycles. The van der Waals surface area contributed by atoms with Crippen molar-refractivity contribution in [3.8, 4) is 11.5 Å². The molecule has 0 radical (unpaired) electrons. The highest BCUT2D eigenvalue weighted by Crippen LogP contribution is 2.43. The van der Waals surface area contributed by atoms with Crippen LogP contribution in [0.15, 0.2) is 78.4 Å². The molecule has 1 aliphatic heterocycles. The number of hydrogen-bond donors (Lipinski definition) is 1. The first-order valence-electron chi connectivity index (χ1n) is 12.9. The van der Waals surface area contributed by atoms with Crippen molar-refractivity contribution in [3.05, 3.63) is 95.1 Å². The molecule has 1 fully saturated rings. The number of carbonyl (C=O) groups is 2. The number of rotatable bonds is 7. The van der Waals surface area contributed by atoms with E-state index in [4.69, 9.17) is 9.47 Å². The predicted molar refractivity (Wildman–Crippen MR) is 150 cm³/mol. The highest BCUT2D eigenvalue weighted by molar-refractivity contribution is 6.51. The minimum atomic E-state index is -0.809. The fraction of sp³-hybridized carbons (Fsp3) is 0.312. The molecular formula is C32H35NO5. The maximum atomic E-state index is 13.5. The van der Waals surface area contributed by atoms with Crippen LogP contribution in [0.3, 0.4) is 0 Å². The molecular weight excluding hydrogens is 478 g/mol. The standard InChI is InChI=1S/C32H35NO5/c1-7-37-25-17-15-24(16-18-25)33-28(21-11-13-23(14-12-21)32(4,5)6)27(30(35)31(33)36)29(34)22-9-8-10-26(19-22)38-20(2)3/h8-20,28,34H,7H2,1-6H3/b29-27-. The number of ketones is 1. The molecule has 1 unspecified atom stereocenters. The van der Waals surface area contributed by atoms with Gasteiger partial charge in [-0.25, -0.2) is 0 Å². The normalized spacial score (nSPS) is 17.2. The summed E-state index contributed by atoms with van der Waals surface area (Å²) in [5.74, 6) is -0.445. The minimum Gasteiger partial charge on any atom is -0.507 e. The molecule has 1 heterocycles. The van der Waals surface area contributed by atoms with Crippen molar-refractivity contribution in [1.82, 2.24) is 0 Å². The summed E-state index contributed by atoms with van der Waals surface area (Å²) in [6, 6.07) is 21.0. The second kappa shape index (κ2) is 10.7. The number of hydrogen-bond acceptors (Lipinski definition) is 5. The van der Waals surface area contributed by atoms with Gasteiger partial charge in [0.2, 0.25) is 0 Å². The van der Waals surface area contributed by atoms with Gasteiger partial charge in [0.1, 0.15) is 17.3 Å². The van der Waals surface area contributed by atoms with Crippen molar-refractivity contribution < 1.29 is 24.2 Å². The van der Waals surface area contributed by atoms with E-state index in [-0.39, 0.29) is 22.9 Å². The van der Waals surface area contributed by atoms with Crippen molar-refractivity contribution >= 4 is 23.1 Å². The van der Waals surface area contributed by atoms with Gasteiger partial charge in [0.05, 0.1) is 24.3 Å². The molecule has 1 amide bonds. The summed E-state index contributed by atoms with van der Waals surface area (Å²) in [4.78, 5) is 28.4. The summed E-state index contributed by atoms with van der Waals surface area (Å²) in [7, 11) is 0. The van der Waals surface area contributed by atoms with Gasteiger partial charge < -0.3 is 14.6 Å². The van der Waals surface area contributed by atoms with Crippen LogP contribution in [0, 0.1) is 0 Å². The van der Waals surface area contributed by atoms with Gasteiger partial charge in [-0.2, -0.15) is 0 Å². The van der Waals surface area contributed by atoms with Gasteiger partial charge in [-0.05, 0) is 73.7 Å². The fourth-order valence-corrected chi connectivity index (χ4v) is 4.59. The van der Waals surface area contributed by atoms with Gasteiger partial charge >= 0.3 is 0 Å². The number of benzene rings is 3. The Morgan fingerprint density at radius 2 is 1.61 bits per heavy atom. The number of anilines is 1. The summed E-state index contributed by atoms with van der Waals surface area (Å²) >= 11 is 0. The quantitative estimate of drug-likeness (QED) is 0.214. The SMILES string of the molecule is CCOc1ccc(N2C(=O)C(=O)/C(=C(\O)c3cccc(OC(C)C)c3)C2c2ccc(C(C)(C)C)cc2)cc1. The molecule has 1 aliphatic rings. The van der Waals surface area contributed by atoms with Crippen LogP contribution in [0.1, 0.15) is 64.3 Å². The average molecular weight is 514 g/mol. The Morgan fingerprint density at radius 1 is 0.947 bits per heavy atom. The second-order valence-corrected chi connectivity index (χ2v) is 10.7. The molecule has 1 N–H and O–H groups in total. The number of Topliss-reactive ketones (excluding diaryl/α,β-unsaturated/α-hetero) is 1. The van der Waals surface area contributed by atoms with E-state index in [2.05, 4.69) is 20.8 Å². The average Bonchev–Trinajstić information content (AvgIpc) is 3.14. The Kier molecular flexibility index (Phi) is 7.63. The van der Waals surface area contributed by atoms with Gasteiger partial charge in [-0.1, -0.05) is 57.2 Å². The Bertz CT molecular complexity index is 1350. The maximum absolute atomic E-state index is 13.5. The highest BCUT2D eigenvalue weighted by Gasteiger charge is 2.47. The molecule has 0 bridgehead atoms. The summed E-state index contributed by atoms with van der Waals surface area (Å²) in [6.07, 6.45) is -0.0565. The molecule has 198 valence electrons. The number of nitrogens with zero attached hydrogens (tertiary/aromatic N) is 1. The summed E-state index contributed by atoms with van der Waals surface area (Å²) in [5, 5.41) is 11.5. The van der Waals surface area contributed by atoms with Crippen LogP contribution in [-0.4, -0.2) is 29.5 Å². The van der Waals surface area contributed by atoms with Gasteiger partial charge in [0, 0.05) is 11.3 Å². The zero-order valence-corrected chi connectivity index (χ0v) is 22.8. The van der Waals surface area contributed by atoms with Gasteiger partial charge in [-0.3, -0.25) is 14.5 Å². The van der Waals surface area contributed by atoms with E-state index in [0.29, 0.717) is 29.4 Å². The second-order valence-electron chi connectivity index (χ2n) is 10.7. The smallest absolute Gasteiger partial charge is 0.300 e. The molecule has 3 aromatic carbocycles. The first kappa shape index (κ1) is 27.0.